The Labute approximate surface area is 304 Å². The molecule has 1 heterocycles. The van der Waals surface area contributed by atoms with Crippen LogP contribution < -0.4 is 31.9 Å². The number of amides is 8. The number of aliphatic hydroxyl groups is 2. The fourth-order valence-corrected chi connectivity index (χ4v) is 4.80. The molecule has 23 nitrogen and oxygen atoms in total. The topological polar surface area (TPSA) is 337 Å². The maximum atomic E-state index is 13.6. The Kier molecular flexibility index (Phi) is 20.7. The molecule has 0 saturated carbocycles. The minimum Gasteiger partial charge on any atom is -0.394 e. The van der Waals surface area contributed by atoms with Crippen LogP contribution in [0, 0.1) is 0 Å². The van der Waals surface area contributed by atoms with Gasteiger partial charge in [-0.3, -0.25) is 64.1 Å². The van der Waals surface area contributed by atoms with Crippen molar-refractivity contribution in [2.24, 2.45) is 0 Å². The highest BCUT2D eigenvalue weighted by Gasteiger charge is 2.32. The van der Waals surface area contributed by atoms with Gasteiger partial charge in [-0.25, -0.2) is 15.2 Å². The van der Waals surface area contributed by atoms with E-state index in [1.54, 1.807) is 0 Å². The Morgan fingerprint density at radius 2 is 0.925 bits per heavy atom. The lowest BCUT2D eigenvalue weighted by Gasteiger charge is -2.25. The molecule has 1 aliphatic heterocycles. The number of aliphatic hydroxyl groups excluding tert-OH is 2. The van der Waals surface area contributed by atoms with Crippen LogP contribution >= 0.6 is 0 Å². The minimum atomic E-state index is -1.67. The molecule has 0 aromatic carbocycles. The first-order valence-electron chi connectivity index (χ1n) is 16.8. The van der Waals surface area contributed by atoms with E-state index in [1.807, 2.05) is 0 Å². The monoisotopic (exact) mass is 761 g/mol. The number of carbonyl (C=O) groups excluding carboxylic acids is 9. The highest BCUT2D eigenvalue weighted by molar-refractivity contribution is 5.96. The third-order valence-electron chi connectivity index (χ3n) is 7.93. The molecule has 53 heavy (non-hydrogen) atoms. The van der Waals surface area contributed by atoms with Crippen LogP contribution in [0.15, 0.2) is 0 Å². The number of Topliss-reactive ketones (excluding diaryl/α,β-unsaturated/α-hetero) is 1. The molecule has 300 valence electrons. The normalized spacial score (nSPS) is 22.5. The molecule has 1 aliphatic rings. The van der Waals surface area contributed by atoms with Gasteiger partial charge < -0.3 is 36.8 Å². The van der Waals surface area contributed by atoms with Crippen LogP contribution in [-0.2, 0) is 43.2 Å². The number of nitrogens with one attached hydrogen (secondary N) is 6. The predicted molar refractivity (Wildman–Crippen MR) is 177 cm³/mol. The average molecular weight is 762 g/mol. The van der Waals surface area contributed by atoms with Gasteiger partial charge in [0.1, 0.15) is 18.1 Å². The molecule has 11 N–H and O–H groups in total. The van der Waals surface area contributed by atoms with Crippen LogP contribution in [0.2, 0.25) is 0 Å². The molecule has 0 aromatic rings. The maximum Gasteiger partial charge on any atom is 0.245 e. The van der Waals surface area contributed by atoms with Crippen LogP contribution in [0.4, 0.5) is 0 Å². The number of hydroxylamine groups is 6. The third-order valence-corrected chi connectivity index (χ3v) is 7.93. The molecule has 0 aromatic heterocycles. The van der Waals surface area contributed by atoms with Crippen molar-refractivity contribution < 1.29 is 69.0 Å². The predicted octanol–water partition coefficient (Wildman–Crippen LogP) is -5.38. The largest absolute Gasteiger partial charge is 0.394 e. The smallest absolute Gasteiger partial charge is 0.245 e. The van der Waals surface area contributed by atoms with Crippen LogP contribution in [0.5, 0.6) is 0 Å². The lowest BCUT2D eigenvalue weighted by atomic mass is 10.0. The summed E-state index contributed by atoms with van der Waals surface area (Å²) in [7, 11) is 0. The number of hydrogen-bond donors (Lipinski definition) is 11. The van der Waals surface area contributed by atoms with E-state index in [2.05, 4.69) is 31.9 Å². The third kappa shape index (κ3) is 17.0. The fraction of sp³-hybridized carbons (Fsp3) is 0.700. The minimum absolute atomic E-state index is 0.00801. The molecular weight excluding hydrogens is 710 g/mol. The Balaban J connectivity index is 3.51. The van der Waals surface area contributed by atoms with Gasteiger partial charge in [0.15, 0.2) is 5.78 Å². The van der Waals surface area contributed by atoms with Crippen LogP contribution in [0.25, 0.3) is 0 Å². The number of ketones is 1. The quantitative estimate of drug-likeness (QED) is 0.0581. The highest BCUT2D eigenvalue weighted by Crippen LogP contribution is 2.07. The molecule has 0 aliphatic carbocycles. The van der Waals surface area contributed by atoms with Crippen molar-refractivity contribution in [3.05, 3.63) is 0 Å². The SMILES string of the molecule is CC(=O)N(O)CCCC1NC(=O)C(CCCN(O)C(C)=O)NC(=O)CNC(=O)C(CO)NC(=O)C(CO)NC(=O)C(CCCN(O)C(C)=O)NCC1=O. The van der Waals surface area contributed by atoms with Crippen molar-refractivity contribution in [3.63, 3.8) is 0 Å². The fourth-order valence-electron chi connectivity index (χ4n) is 4.80. The van der Waals surface area contributed by atoms with Gasteiger partial charge in [-0.2, -0.15) is 0 Å². The van der Waals surface area contributed by atoms with E-state index in [-0.39, 0.29) is 58.2 Å². The van der Waals surface area contributed by atoms with Crippen LogP contribution in [0.1, 0.15) is 59.3 Å². The van der Waals surface area contributed by atoms with Crippen molar-refractivity contribution in [2.75, 3.05) is 45.9 Å². The average Bonchev–Trinajstić information content (AvgIpc) is 3.10. The van der Waals surface area contributed by atoms with Gasteiger partial charge in [0.2, 0.25) is 47.3 Å². The molecule has 5 unspecified atom stereocenters. The van der Waals surface area contributed by atoms with Crippen molar-refractivity contribution in [3.8, 4) is 0 Å². The van der Waals surface area contributed by atoms with Crippen molar-refractivity contribution in [2.45, 2.75) is 89.5 Å². The Hall–Kier alpha value is -4.81. The molecule has 0 bridgehead atoms. The van der Waals surface area contributed by atoms with Gasteiger partial charge in [-0.1, -0.05) is 0 Å². The van der Waals surface area contributed by atoms with Gasteiger partial charge in [0.05, 0.1) is 38.4 Å². The van der Waals surface area contributed by atoms with E-state index in [0.717, 1.165) is 20.8 Å². The molecule has 0 spiro atoms. The lowest BCUT2D eigenvalue weighted by Crippen LogP contribution is -2.58. The van der Waals surface area contributed by atoms with E-state index in [1.165, 1.54) is 0 Å². The summed E-state index contributed by atoms with van der Waals surface area (Å²) in [4.78, 5) is 113. The van der Waals surface area contributed by atoms with Crippen LogP contribution in [-0.4, -0.2) is 170 Å². The van der Waals surface area contributed by atoms with Crippen LogP contribution in [0.3, 0.4) is 0 Å². The van der Waals surface area contributed by atoms with Gasteiger partial charge >= 0.3 is 0 Å². The first kappa shape index (κ1) is 46.2. The van der Waals surface area contributed by atoms with E-state index in [0.29, 0.717) is 15.2 Å². The summed E-state index contributed by atoms with van der Waals surface area (Å²) < 4.78 is 0. The second-order valence-corrected chi connectivity index (χ2v) is 12.1. The number of rotatable bonds is 14. The van der Waals surface area contributed by atoms with Gasteiger partial charge in [-0.05, 0) is 38.5 Å². The summed E-state index contributed by atoms with van der Waals surface area (Å²) in [5, 5.41) is 64.3. The molecule has 23 heteroatoms. The standard InChI is InChI=1S/C30H51N9O14/c1-17(42)37(51)10-4-7-20-25(45)13-31-21(8-5-11-38(52)18(2)43)28(48)36-24(16-41)30(50)35-23(15-40)27(47)32-14-26(46)33-22(29(49)34-20)9-6-12-39(53)19(3)44/h20-24,31,40-41,51-53H,4-16H2,1-3H3,(H,32,47)(H,33,46)(H,34,49)(H,35,50)(H,36,48). The summed E-state index contributed by atoms with van der Waals surface area (Å²) in [6.45, 7) is -0.749. The summed E-state index contributed by atoms with van der Waals surface area (Å²) >= 11 is 0. The maximum absolute atomic E-state index is 13.6. The van der Waals surface area contributed by atoms with E-state index in [4.69, 9.17) is 0 Å². The van der Waals surface area contributed by atoms with Crippen molar-refractivity contribution >= 4 is 53.0 Å². The summed E-state index contributed by atoms with van der Waals surface area (Å²) in [6, 6.07) is -7.39. The zero-order valence-corrected chi connectivity index (χ0v) is 29.8. The molecule has 1 fully saturated rings. The molecular formula is C30H51N9O14. The van der Waals surface area contributed by atoms with Gasteiger partial charge in [-0.15, -0.1) is 0 Å². The van der Waals surface area contributed by atoms with Crippen molar-refractivity contribution in [1.29, 1.82) is 0 Å². The molecule has 5 atom stereocenters. The lowest BCUT2D eigenvalue weighted by molar-refractivity contribution is -0.163. The summed E-state index contributed by atoms with van der Waals surface area (Å²) in [6.07, 6.45) is -0.551. The van der Waals surface area contributed by atoms with E-state index < -0.39 is 110 Å². The van der Waals surface area contributed by atoms with E-state index >= 15 is 0 Å². The van der Waals surface area contributed by atoms with Gasteiger partial charge in [0, 0.05) is 40.4 Å². The molecule has 8 amide bonds. The zero-order valence-electron chi connectivity index (χ0n) is 29.8. The van der Waals surface area contributed by atoms with Gasteiger partial charge in [0.25, 0.3) is 0 Å². The second-order valence-electron chi connectivity index (χ2n) is 12.1. The number of hydrogen-bond acceptors (Lipinski definition) is 15. The molecule has 0 radical (unpaired) electrons. The first-order valence-corrected chi connectivity index (χ1v) is 16.8. The first-order chi connectivity index (χ1) is 24.9. The summed E-state index contributed by atoms with van der Waals surface area (Å²) in [5.74, 6) is -7.72. The van der Waals surface area contributed by atoms with Crippen molar-refractivity contribution in [1.82, 2.24) is 47.1 Å². The second kappa shape index (κ2) is 23.7. The Bertz CT molecular complexity index is 1320. The Morgan fingerprint density at radius 1 is 0.547 bits per heavy atom. The highest BCUT2D eigenvalue weighted by atomic mass is 16.5. The Morgan fingerprint density at radius 3 is 1.38 bits per heavy atom. The zero-order chi connectivity index (χ0) is 40.2. The molecule has 1 rings (SSSR count). The number of carbonyl (C=O) groups is 9. The number of nitrogens with zero attached hydrogens (tertiary/aromatic N) is 3. The molecule has 1 saturated heterocycles. The summed E-state index contributed by atoms with van der Waals surface area (Å²) in [5.41, 5.74) is 0. The van der Waals surface area contributed by atoms with E-state index in [9.17, 15) is 69.0 Å².